The molecule has 2 aromatic rings. The minimum absolute atomic E-state index is 0.887. The van der Waals surface area contributed by atoms with Crippen LogP contribution in [0.3, 0.4) is 0 Å². The van der Waals surface area contributed by atoms with E-state index < -0.39 is 0 Å². The van der Waals surface area contributed by atoms with E-state index in [9.17, 15) is 0 Å². The topological polar surface area (TPSA) is 26.0 Å². The number of aromatic nitrogens is 1. The van der Waals surface area contributed by atoms with Gasteiger partial charge in [0.25, 0.3) is 0 Å². The zero-order valence-corrected chi connectivity index (χ0v) is 9.37. The smallest absolute Gasteiger partial charge is 0.137 e. The molecular weight excluding hydrogens is 186 g/mol. The monoisotopic (exact) mass is 201 g/mol. The summed E-state index contributed by atoms with van der Waals surface area (Å²) in [5.41, 5.74) is 4.63. The quantitative estimate of drug-likeness (QED) is 0.743. The molecule has 0 aliphatic rings. The molecule has 0 radical (unpaired) electrons. The van der Waals surface area contributed by atoms with Crippen molar-refractivity contribution in [1.29, 1.82) is 0 Å². The van der Waals surface area contributed by atoms with E-state index in [1.54, 1.807) is 0 Å². The molecule has 0 saturated carbocycles. The highest BCUT2D eigenvalue weighted by Gasteiger charge is 2.09. The minimum Gasteiger partial charge on any atom is -0.361 e. The molecule has 0 saturated heterocycles. The van der Waals surface area contributed by atoms with E-state index >= 15 is 0 Å². The van der Waals surface area contributed by atoms with Gasteiger partial charge in [-0.15, -0.1) is 0 Å². The van der Waals surface area contributed by atoms with Crippen LogP contribution in [0.15, 0.2) is 28.8 Å². The average molecular weight is 201 g/mol. The molecule has 2 heteroatoms. The van der Waals surface area contributed by atoms with Crippen LogP contribution in [0.5, 0.6) is 0 Å². The fourth-order valence-electron chi connectivity index (χ4n) is 1.82. The third-order valence-corrected chi connectivity index (χ3v) is 2.64. The summed E-state index contributed by atoms with van der Waals surface area (Å²) >= 11 is 0. The van der Waals surface area contributed by atoms with Crippen molar-refractivity contribution in [1.82, 2.24) is 5.16 Å². The Morgan fingerprint density at radius 1 is 1.20 bits per heavy atom. The van der Waals surface area contributed by atoms with Gasteiger partial charge in [0.15, 0.2) is 0 Å². The van der Waals surface area contributed by atoms with E-state index in [2.05, 4.69) is 44.1 Å². The van der Waals surface area contributed by atoms with Gasteiger partial charge in [0.2, 0.25) is 0 Å². The number of rotatable bonds is 2. The first-order valence-corrected chi connectivity index (χ1v) is 5.24. The zero-order chi connectivity index (χ0) is 10.8. The normalized spacial score (nSPS) is 10.6. The van der Waals surface area contributed by atoms with Crippen molar-refractivity contribution < 1.29 is 4.52 Å². The second-order valence-corrected chi connectivity index (χ2v) is 3.80. The van der Waals surface area contributed by atoms with Crippen LogP contribution in [-0.4, -0.2) is 5.16 Å². The lowest BCUT2D eigenvalue weighted by Crippen LogP contribution is -1.87. The molecule has 0 N–H and O–H groups in total. The van der Waals surface area contributed by atoms with Crippen molar-refractivity contribution in [2.75, 3.05) is 0 Å². The number of nitrogens with zero attached hydrogens (tertiary/aromatic N) is 1. The second kappa shape index (κ2) is 3.89. The van der Waals surface area contributed by atoms with Crippen molar-refractivity contribution in [3.8, 4) is 11.3 Å². The predicted molar refractivity (Wildman–Crippen MR) is 60.8 cm³/mol. The standard InChI is InChI=1S/C13H15NO/c1-4-11-8-12(14-15-11)13-9(2)6-5-7-10(13)3/h5-8H,4H2,1-3H3. The number of hydrogen-bond donors (Lipinski definition) is 0. The summed E-state index contributed by atoms with van der Waals surface area (Å²) < 4.78 is 5.23. The lowest BCUT2D eigenvalue weighted by atomic mass is 10.00. The Bertz CT molecular complexity index is 451. The van der Waals surface area contributed by atoms with Crippen molar-refractivity contribution in [3.05, 3.63) is 41.2 Å². The summed E-state index contributed by atoms with van der Waals surface area (Å²) in [6.07, 6.45) is 0.887. The van der Waals surface area contributed by atoms with Crippen molar-refractivity contribution >= 4 is 0 Å². The molecule has 2 rings (SSSR count). The number of benzene rings is 1. The number of hydrogen-bond acceptors (Lipinski definition) is 2. The Morgan fingerprint density at radius 2 is 1.87 bits per heavy atom. The molecule has 0 amide bonds. The van der Waals surface area contributed by atoms with Crippen LogP contribution in [0.1, 0.15) is 23.8 Å². The Kier molecular flexibility index (Phi) is 2.58. The van der Waals surface area contributed by atoms with Gasteiger partial charge >= 0.3 is 0 Å². The Labute approximate surface area is 89.9 Å². The molecule has 1 heterocycles. The van der Waals surface area contributed by atoms with E-state index in [1.807, 2.05) is 6.07 Å². The lowest BCUT2D eigenvalue weighted by molar-refractivity contribution is 0.389. The first kappa shape index (κ1) is 9.97. The second-order valence-electron chi connectivity index (χ2n) is 3.80. The van der Waals surface area contributed by atoms with Gasteiger partial charge in [0.1, 0.15) is 11.5 Å². The van der Waals surface area contributed by atoms with Crippen LogP contribution in [-0.2, 0) is 6.42 Å². The van der Waals surface area contributed by atoms with Crippen molar-refractivity contribution in [3.63, 3.8) is 0 Å². The molecule has 0 unspecified atom stereocenters. The van der Waals surface area contributed by atoms with Gasteiger partial charge < -0.3 is 4.52 Å². The van der Waals surface area contributed by atoms with Gasteiger partial charge in [0, 0.05) is 18.1 Å². The Balaban J connectivity index is 2.53. The first-order valence-electron chi connectivity index (χ1n) is 5.24. The van der Waals surface area contributed by atoms with E-state index in [1.165, 1.54) is 16.7 Å². The van der Waals surface area contributed by atoms with Gasteiger partial charge in [-0.3, -0.25) is 0 Å². The van der Waals surface area contributed by atoms with E-state index in [0.29, 0.717) is 0 Å². The van der Waals surface area contributed by atoms with Crippen LogP contribution < -0.4 is 0 Å². The highest BCUT2D eigenvalue weighted by atomic mass is 16.5. The summed E-state index contributed by atoms with van der Waals surface area (Å²) in [6.45, 7) is 6.26. The largest absolute Gasteiger partial charge is 0.361 e. The summed E-state index contributed by atoms with van der Waals surface area (Å²) in [6, 6.07) is 8.29. The lowest BCUT2D eigenvalue weighted by Gasteiger charge is -2.04. The molecule has 1 aromatic heterocycles. The SMILES string of the molecule is CCc1cc(-c2c(C)cccc2C)no1. The molecule has 0 aliphatic carbocycles. The maximum absolute atomic E-state index is 5.23. The molecule has 2 nitrogen and oxygen atoms in total. The van der Waals surface area contributed by atoms with E-state index in [4.69, 9.17) is 4.52 Å². The third-order valence-electron chi connectivity index (χ3n) is 2.64. The molecule has 78 valence electrons. The molecule has 0 fully saturated rings. The first-order chi connectivity index (χ1) is 7.22. The van der Waals surface area contributed by atoms with Gasteiger partial charge in [-0.2, -0.15) is 0 Å². The highest BCUT2D eigenvalue weighted by molar-refractivity contribution is 5.67. The molecule has 15 heavy (non-hydrogen) atoms. The van der Waals surface area contributed by atoms with Crippen LogP contribution in [0.25, 0.3) is 11.3 Å². The Hall–Kier alpha value is -1.57. The summed E-state index contributed by atoms with van der Waals surface area (Å²) in [5.74, 6) is 0.938. The molecule has 0 aliphatic heterocycles. The third kappa shape index (κ3) is 1.80. The van der Waals surface area contributed by atoms with E-state index in [0.717, 1.165) is 17.9 Å². The minimum atomic E-state index is 0.887. The van der Waals surface area contributed by atoms with Crippen LogP contribution in [0.2, 0.25) is 0 Å². The molecular formula is C13H15NO. The summed E-state index contributed by atoms with van der Waals surface area (Å²) in [5, 5.41) is 4.10. The van der Waals surface area contributed by atoms with Crippen LogP contribution in [0, 0.1) is 13.8 Å². The van der Waals surface area contributed by atoms with Gasteiger partial charge in [-0.05, 0) is 25.0 Å². The van der Waals surface area contributed by atoms with Gasteiger partial charge in [-0.25, -0.2) is 0 Å². The van der Waals surface area contributed by atoms with Crippen molar-refractivity contribution in [2.45, 2.75) is 27.2 Å². The molecule has 0 atom stereocenters. The molecule has 1 aromatic carbocycles. The van der Waals surface area contributed by atoms with Crippen LogP contribution in [0.4, 0.5) is 0 Å². The predicted octanol–water partition coefficient (Wildman–Crippen LogP) is 3.52. The van der Waals surface area contributed by atoms with Crippen molar-refractivity contribution in [2.24, 2.45) is 0 Å². The maximum atomic E-state index is 5.23. The summed E-state index contributed by atoms with van der Waals surface area (Å²) in [7, 11) is 0. The molecule has 0 spiro atoms. The fourth-order valence-corrected chi connectivity index (χ4v) is 1.82. The Morgan fingerprint density at radius 3 is 2.40 bits per heavy atom. The molecule has 0 bridgehead atoms. The average Bonchev–Trinajstić information content (AvgIpc) is 2.66. The van der Waals surface area contributed by atoms with Gasteiger partial charge in [0.05, 0.1) is 0 Å². The summed E-state index contributed by atoms with van der Waals surface area (Å²) in [4.78, 5) is 0. The maximum Gasteiger partial charge on any atom is 0.137 e. The fraction of sp³-hybridized carbons (Fsp3) is 0.308. The highest BCUT2D eigenvalue weighted by Crippen LogP contribution is 2.26. The van der Waals surface area contributed by atoms with E-state index in [-0.39, 0.29) is 0 Å². The zero-order valence-electron chi connectivity index (χ0n) is 9.37. The van der Waals surface area contributed by atoms with Crippen LogP contribution >= 0.6 is 0 Å². The van der Waals surface area contributed by atoms with Gasteiger partial charge in [-0.1, -0.05) is 30.3 Å². The number of aryl methyl sites for hydroxylation is 3.